The van der Waals surface area contributed by atoms with Crippen molar-refractivity contribution in [1.82, 2.24) is 25.4 Å². The molecule has 1 aliphatic carbocycles. The van der Waals surface area contributed by atoms with E-state index in [2.05, 4.69) is 20.8 Å². The molecule has 2 amide bonds. The minimum Gasteiger partial charge on any atom is -0.335 e. The maximum Gasteiger partial charge on any atom is 0.315 e. The summed E-state index contributed by atoms with van der Waals surface area (Å²) < 4.78 is 1.78. The molecule has 0 bridgehead atoms. The van der Waals surface area contributed by atoms with Crippen molar-refractivity contribution >= 4 is 6.03 Å². The number of hydrogen-bond donors (Lipinski definition) is 2. The molecule has 0 atom stereocenters. The Morgan fingerprint density at radius 3 is 3.00 bits per heavy atom. The molecule has 6 heteroatoms. The summed E-state index contributed by atoms with van der Waals surface area (Å²) in [5, 5.41) is 13.2. The zero-order valence-corrected chi connectivity index (χ0v) is 8.73. The molecular weight excluding hydrogens is 194 g/mol. The second-order valence-corrected chi connectivity index (χ2v) is 3.81. The van der Waals surface area contributed by atoms with Gasteiger partial charge in [0.25, 0.3) is 0 Å². The predicted octanol–water partition coefficient (Wildman–Crippen LogP) is 0.167. The molecule has 0 saturated heterocycles. The molecule has 1 aliphatic rings. The van der Waals surface area contributed by atoms with E-state index in [9.17, 15) is 4.79 Å². The van der Waals surface area contributed by atoms with Crippen LogP contribution in [-0.2, 0) is 13.6 Å². The van der Waals surface area contributed by atoms with Gasteiger partial charge in [-0.05, 0) is 19.3 Å². The standard InChI is InChI=1S/C9H15N5O/c1-14-6-11-13-8(14)5-10-9(15)12-7-3-2-4-7/h6-7H,2-5H2,1H3,(H2,10,12,15). The van der Waals surface area contributed by atoms with Gasteiger partial charge in [0, 0.05) is 13.1 Å². The molecular formula is C9H15N5O. The number of urea groups is 1. The zero-order valence-electron chi connectivity index (χ0n) is 8.73. The Kier molecular flexibility index (Phi) is 2.84. The minimum atomic E-state index is -0.122. The molecule has 0 radical (unpaired) electrons. The lowest BCUT2D eigenvalue weighted by molar-refractivity contribution is 0.227. The van der Waals surface area contributed by atoms with Gasteiger partial charge in [-0.15, -0.1) is 10.2 Å². The van der Waals surface area contributed by atoms with E-state index in [0.29, 0.717) is 12.6 Å². The number of aryl methyl sites for hydroxylation is 1. The van der Waals surface area contributed by atoms with Crippen LogP contribution in [0.25, 0.3) is 0 Å². The molecule has 0 aliphatic heterocycles. The van der Waals surface area contributed by atoms with E-state index in [-0.39, 0.29) is 6.03 Å². The van der Waals surface area contributed by atoms with Crippen molar-refractivity contribution in [2.75, 3.05) is 0 Å². The fourth-order valence-corrected chi connectivity index (χ4v) is 1.42. The fraction of sp³-hybridized carbons (Fsp3) is 0.667. The van der Waals surface area contributed by atoms with Gasteiger partial charge in [-0.2, -0.15) is 0 Å². The summed E-state index contributed by atoms with van der Waals surface area (Å²) in [6.45, 7) is 0.412. The third kappa shape index (κ3) is 2.45. The first-order valence-corrected chi connectivity index (χ1v) is 5.13. The summed E-state index contributed by atoms with van der Waals surface area (Å²) in [5.41, 5.74) is 0. The Balaban J connectivity index is 1.73. The van der Waals surface area contributed by atoms with Crippen molar-refractivity contribution in [2.24, 2.45) is 7.05 Å². The highest BCUT2D eigenvalue weighted by Crippen LogP contribution is 2.17. The maximum absolute atomic E-state index is 11.4. The van der Waals surface area contributed by atoms with Crippen molar-refractivity contribution in [2.45, 2.75) is 31.8 Å². The normalized spacial score (nSPS) is 15.8. The van der Waals surface area contributed by atoms with Gasteiger partial charge >= 0.3 is 6.03 Å². The number of nitrogens with one attached hydrogen (secondary N) is 2. The number of carbonyl (C=O) groups excluding carboxylic acids is 1. The van der Waals surface area contributed by atoms with Crippen LogP contribution in [0.5, 0.6) is 0 Å². The number of amides is 2. The van der Waals surface area contributed by atoms with Gasteiger partial charge in [-0.3, -0.25) is 0 Å². The number of rotatable bonds is 3. The van der Waals surface area contributed by atoms with Crippen molar-refractivity contribution < 1.29 is 4.79 Å². The molecule has 0 spiro atoms. The Morgan fingerprint density at radius 2 is 2.47 bits per heavy atom. The van der Waals surface area contributed by atoms with Crippen molar-refractivity contribution in [3.8, 4) is 0 Å². The molecule has 1 heterocycles. The number of aromatic nitrogens is 3. The van der Waals surface area contributed by atoms with Crippen LogP contribution < -0.4 is 10.6 Å². The summed E-state index contributed by atoms with van der Waals surface area (Å²) in [6.07, 6.45) is 5.02. The van der Waals surface area contributed by atoms with E-state index in [4.69, 9.17) is 0 Å². The average Bonchev–Trinajstić information content (AvgIpc) is 2.55. The lowest BCUT2D eigenvalue weighted by atomic mass is 9.93. The molecule has 6 nitrogen and oxygen atoms in total. The molecule has 82 valence electrons. The van der Waals surface area contributed by atoms with Gasteiger partial charge in [-0.25, -0.2) is 4.79 Å². The van der Waals surface area contributed by atoms with Crippen LogP contribution in [0.1, 0.15) is 25.1 Å². The molecule has 1 aromatic heterocycles. The average molecular weight is 209 g/mol. The van der Waals surface area contributed by atoms with Crippen LogP contribution in [0.2, 0.25) is 0 Å². The lowest BCUT2D eigenvalue weighted by Crippen LogP contribution is -2.45. The van der Waals surface area contributed by atoms with Crippen LogP contribution in [0, 0.1) is 0 Å². The van der Waals surface area contributed by atoms with E-state index in [1.807, 2.05) is 7.05 Å². The first-order valence-electron chi connectivity index (χ1n) is 5.13. The molecule has 1 fully saturated rings. The van der Waals surface area contributed by atoms with Crippen molar-refractivity contribution in [3.63, 3.8) is 0 Å². The van der Waals surface area contributed by atoms with E-state index in [0.717, 1.165) is 18.7 Å². The highest BCUT2D eigenvalue weighted by Gasteiger charge is 2.19. The van der Waals surface area contributed by atoms with Gasteiger partial charge in [0.05, 0.1) is 6.54 Å². The zero-order chi connectivity index (χ0) is 10.7. The largest absolute Gasteiger partial charge is 0.335 e. The summed E-state index contributed by atoms with van der Waals surface area (Å²) in [6, 6.07) is 0.243. The van der Waals surface area contributed by atoms with E-state index < -0.39 is 0 Å². The number of carbonyl (C=O) groups is 1. The van der Waals surface area contributed by atoms with Crippen LogP contribution >= 0.6 is 0 Å². The smallest absolute Gasteiger partial charge is 0.315 e. The van der Waals surface area contributed by atoms with Crippen LogP contribution in [-0.4, -0.2) is 26.8 Å². The molecule has 1 aromatic rings. The fourth-order valence-electron chi connectivity index (χ4n) is 1.42. The minimum absolute atomic E-state index is 0.122. The van der Waals surface area contributed by atoms with Crippen LogP contribution in [0.3, 0.4) is 0 Å². The Labute approximate surface area is 88.1 Å². The summed E-state index contributed by atoms with van der Waals surface area (Å²) in [5.74, 6) is 0.749. The van der Waals surface area contributed by atoms with E-state index in [1.165, 1.54) is 6.42 Å². The van der Waals surface area contributed by atoms with Crippen LogP contribution in [0.4, 0.5) is 4.79 Å². The summed E-state index contributed by atoms with van der Waals surface area (Å²) >= 11 is 0. The van der Waals surface area contributed by atoms with Gasteiger partial charge in [-0.1, -0.05) is 0 Å². The third-order valence-corrected chi connectivity index (χ3v) is 2.65. The van der Waals surface area contributed by atoms with Crippen LogP contribution in [0.15, 0.2) is 6.33 Å². The molecule has 2 rings (SSSR count). The van der Waals surface area contributed by atoms with Gasteiger partial charge in [0.1, 0.15) is 6.33 Å². The van der Waals surface area contributed by atoms with E-state index >= 15 is 0 Å². The van der Waals surface area contributed by atoms with Gasteiger partial charge in [0.15, 0.2) is 5.82 Å². The quantitative estimate of drug-likeness (QED) is 0.745. The molecule has 1 saturated carbocycles. The predicted molar refractivity (Wildman–Crippen MR) is 54.0 cm³/mol. The second-order valence-electron chi connectivity index (χ2n) is 3.81. The second kappa shape index (κ2) is 4.29. The Hall–Kier alpha value is -1.59. The monoisotopic (exact) mass is 209 g/mol. The molecule has 0 unspecified atom stereocenters. The topological polar surface area (TPSA) is 71.8 Å². The lowest BCUT2D eigenvalue weighted by Gasteiger charge is -2.26. The van der Waals surface area contributed by atoms with E-state index in [1.54, 1.807) is 10.9 Å². The molecule has 0 aromatic carbocycles. The SMILES string of the molecule is Cn1cnnc1CNC(=O)NC1CCC1. The highest BCUT2D eigenvalue weighted by molar-refractivity contribution is 5.74. The molecule has 2 N–H and O–H groups in total. The first-order chi connectivity index (χ1) is 7.25. The maximum atomic E-state index is 11.4. The van der Waals surface area contributed by atoms with Crippen molar-refractivity contribution in [1.29, 1.82) is 0 Å². The number of hydrogen-bond acceptors (Lipinski definition) is 3. The third-order valence-electron chi connectivity index (χ3n) is 2.65. The first kappa shape index (κ1) is 9.95. The van der Waals surface area contributed by atoms with Gasteiger partial charge < -0.3 is 15.2 Å². The summed E-state index contributed by atoms with van der Waals surface area (Å²) in [4.78, 5) is 11.4. The highest BCUT2D eigenvalue weighted by atomic mass is 16.2. The summed E-state index contributed by atoms with van der Waals surface area (Å²) in [7, 11) is 1.85. The Bertz CT molecular complexity index is 344. The Morgan fingerprint density at radius 1 is 1.67 bits per heavy atom. The number of nitrogens with zero attached hydrogens (tertiary/aromatic N) is 3. The molecule has 15 heavy (non-hydrogen) atoms. The van der Waals surface area contributed by atoms with Crippen molar-refractivity contribution in [3.05, 3.63) is 12.2 Å². The van der Waals surface area contributed by atoms with Gasteiger partial charge in [0.2, 0.25) is 0 Å².